The third-order valence-electron chi connectivity index (χ3n) is 1.68. The van der Waals surface area contributed by atoms with Gasteiger partial charge in [-0.3, -0.25) is 4.57 Å². The molecule has 1 aliphatic heterocycles. The fraction of sp³-hybridized carbons (Fsp3) is 0.833. The highest BCUT2D eigenvalue weighted by molar-refractivity contribution is 7.54. The maximum Gasteiger partial charge on any atom is 0.509 e. The monoisotopic (exact) mass is 210 g/mol. The number of hydrogen-bond acceptors (Lipinski definition) is 6. The Kier molecular flexibility index (Phi) is 3.30. The lowest BCUT2D eigenvalue weighted by molar-refractivity contribution is -0.00524. The minimum atomic E-state index is -3.32. The topological polar surface area (TPSA) is 71.1 Å². The van der Waals surface area contributed by atoms with Crippen molar-refractivity contribution < 1.29 is 27.9 Å². The number of hydrogen-bond donors (Lipinski definition) is 0. The van der Waals surface area contributed by atoms with Crippen LogP contribution in [-0.2, 0) is 23.1 Å². The third-order valence-corrected chi connectivity index (χ3v) is 3.77. The van der Waals surface area contributed by atoms with Crippen molar-refractivity contribution in [3.63, 3.8) is 0 Å². The minimum Gasteiger partial charge on any atom is -0.434 e. The largest absolute Gasteiger partial charge is 0.509 e. The summed E-state index contributed by atoms with van der Waals surface area (Å²) in [6.45, 7) is 0.167. The van der Waals surface area contributed by atoms with E-state index in [4.69, 9.17) is 0 Å². The van der Waals surface area contributed by atoms with Gasteiger partial charge in [0.15, 0.2) is 0 Å². The lowest BCUT2D eigenvalue weighted by Gasteiger charge is -2.26. The van der Waals surface area contributed by atoms with E-state index in [1.165, 1.54) is 14.2 Å². The molecule has 0 amide bonds. The zero-order chi connectivity index (χ0) is 9.90. The Balaban J connectivity index is 2.69. The second kappa shape index (κ2) is 4.09. The summed E-state index contributed by atoms with van der Waals surface area (Å²) in [5.74, 6) is -0.858. The summed E-state index contributed by atoms with van der Waals surface area (Å²) in [5, 5.41) is 0. The lowest BCUT2D eigenvalue weighted by atomic mass is 10.5. The normalized spacial score (nSPS) is 23.5. The molecule has 1 saturated heterocycles. The van der Waals surface area contributed by atoms with E-state index in [0.717, 1.165) is 0 Å². The summed E-state index contributed by atoms with van der Waals surface area (Å²) < 4.78 is 30.2. The molecule has 1 aliphatic rings. The van der Waals surface area contributed by atoms with E-state index in [-0.39, 0.29) is 6.61 Å². The van der Waals surface area contributed by atoms with E-state index in [1.54, 1.807) is 0 Å². The Morgan fingerprint density at radius 1 is 1.46 bits per heavy atom. The molecule has 6 nitrogen and oxygen atoms in total. The molecule has 0 spiro atoms. The van der Waals surface area contributed by atoms with Crippen molar-refractivity contribution in [3.05, 3.63) is 0 Å². The predicted octanol–water partition coefficient (Wildman–Crippen LogP) is 1.36. The van der Waals surface area contributed by atoms with Crippen molar-refractivity contribution in [2.45, 2.75) is 12.3 Å². The highest BCUT2D eigenvalue weighted by atomic mass is 31.2. The molecule has 0 aromatic heterocycles. The Bertz CT molecular complexity index is 231. The summed E-state index contributed by atoms with van der Waals surface area (Å²) in [6.07, 6.45) is -0.532. The van der Waals surface area contributed by atoms with E-state index in [1.807, 2.05) is 0 Å². The van der Waals surface area contributed by atoms with Gasteiger partial charge in [-0.15, -0.1) is 0 Å². The number of carbonyl (C=O) groups excluding carboxylic acids is 1. The van der Waals surface area contributed by atoms with Crippen molar-refractivity contribution >= 4 is 13.8 Å². The summed E-state index contributed by atoms with van der Waals surface area (Å²) in [7, 11) is -0.830. The molecule has 1 unspecified atom stereocenters. The first-order valence-electron chi connectivity index (χ1n) is 3.67. The van der Waals surface area contributed by atoms with Crippen LogP contribution in [0.3, 0.4) is 0 Å². The molecule has 1 fully saturated rings. The zero-order valence-electron chi connectivity index (χ0n) is 7.39. The smallest absolute Gasteiger partial charge is 0.434 e. The van der Waals surface area contributed by atoms with Gasteiger partial charge in [0.1, 0.15) is 0 Å². The highest BCUT2D eigenvalue weighted by Crippen LogP contribution is 2.53. The van der Waals surface area contributed by atoms with E-state index in [2.05, 4.69) is 18.5 Å². The first kappa shape index (κ1) is 10.5. The van der Waals surface area contributed by atoms with Crippen LogP contribution in [0.15, 0.2) is 0 Å². The van der Waals surface area contributed by atoms with Crippen molar-refractivity contribution in [1.29, 1.82) is 0 Å². The van der Waals surface area contributed by atoms with Crippen LogP contribution in [0.2, 0.25) is 0 Å². The van der Waals surface area contributed by atoms with Crippen LogP contribution < -0.4 is 0 Å². The quantitative estimate of drug-likeness (QED) is 0.517. The zero-order valence-corrected chi connectivity index (χ0v) is 8.28. The first-order valence-corrected chi connectivity index (χ1v) is 5.28. The molecule has 0 aromatic carbocycles. The van der Waals surface area contributed by atoms with Gasteiger partial charge in [0.25, 0.3) is 0 Å². The fourth-order valence-electron chi connectivity index (χ4n) is 0.979. The Labute approximate surface area is 75.6 Å². The van der Waals surface area contributed by atoms with Gasteiger partial charge < -0.3 is 18.5 Å². The number of rotatable bonds is 3. The van der Waals surface area contributed by atoms with Crippen LogP contribution in [0.25, 0.3) is 0 Å². The lowest BCUT2D eigenvalue weighted by Crippen LogP contribution is -2.28. The second-order valence-corrected chi connectivity index (χ2v) is 4.75. The molecule has 0 aromatic rings. The molecule has 1 rings (SSSR count). The maximum atomic E-state index is 11.7. The molecule has 0 radical (unpaired) electrons. The van der Waals surface area contributed by atoms with E-state index >= 15 is 0 Å². The van der Waals surface area contributed by atoms with Crippen LogP contribution in [0.4, 0.5) is 4.79 Å². The van der Waals surface area contributed by atoms with Crippen molar-refractivity contribution in [2.24, 2.45) is 0 Å². The molecule has 13 heavy (non-hydrogen) atoms. The predicted molar refractivity (Wildman–Crippen MR) is 42.5 cm³/mol. The highest BCUT2D eigenvalue weighted by Gasteiger charge is 2.40. The van der Waals surface area contributed by atoms with E-state index in [9.17, 15) is 9.36 Å². The average molecular weight is 210 g/mol. The summed E-state index contributed by atoms with van der Waals surface area (Å²) in [5.41, 5.74) is 0. The first-order chi connectivity index (χ1) is 6.12. The van der Waals surface area contributed by atoms with Gasteiger partial charge in [-0.25, -0.2) is 4.79 Å². The number of carbonyl (C=O) groups is 1. The van der Waals surface area contributed by atoms with E-state index in [0.29, 0.717) is 6.42 Å². The molecule has 0 saturated carbocycles. The molecule has 1 heterocycles. The van der Waals surface area contributed by atoms with Gasteiger partial charge in [-0.1, -0.05) is 0 Å². The SMILES string of the molecule is COP(=O)(OC)C1CCOC(=O)O1. The van der Waals surface area contributed by atoms with Gasteiger partial charge in [0.2, 0.25) is 5.85 Å². The van der Waals surface area contributed by atoms with Crippen LogP contribution in [0.5, 0.6) is 0 Å². The molecule has 7 heteroatoms. The minimum absolute atomic E-state index is 0.167. The molecule has 76 valence electrons. The summed E-state index contributed by atoms with van der Waals surface area (Å²) in [4.78, 5) is 10.7. The maximum absolute atomic E-state index is 11.7. The Hall–Kier alpha value is -0.580. The van der Waals surface area contributed by atoms with Crippen LogP contribution in [0.1, 0.15) is 6.42 Å². The Morgan fingerprint density at radius 3 is 2.54 bits per heavy atom. The number of cyclic esters (lactones) is 2. The van der Waals surface area contributed by atoms with Crippen LogP contribution >= 0.6 is 7.60 Å². The standard InChI is InChI=1S/C6H11O6P/c1-9-13(8,10-2)5-3-4-11-6(7)12-5/h5H,3-4H2,1-2H3. The summed E-state index contributed by atoms with van der Waals surface area (Å²) in [6, 6.07) is 0. The van der Waals surface area contributed by atoms with Gasteiger partial charge >= 0.3 is 13.8 Å². The molecule has 1 atom stereocenters. The van der Waals surface area contributed by atoms with E-state index < -0.39 is 19.6 Å². The number of ether oxygens (including phenoxy) is 2. The van der Waals surface area contributed by atoms with Crippen LogP contribution in [-0.4, -0.2) is 32.8 Å². The average Bonchev–Trinajstić information content (AvgIpc) is 2.17. The molecule has 0 N–H and O–H groups in total. The molecular formula is C6H11O6P. The molecule has 0 bridgehead atoms. The van der Waals surface area contributed by atoms with Gasteiger partial charge in [-0.2, -0.15) is 0 Å². The van der Waals surface area contributed by atoms with Crippen LogP contribution in [0, 0.1) is 0 Å². The summed E-state index contributed by atoms with van der Waals surface area (Å²) >= 11 is 0. The van der Waals surface area contributed by atoms with Crippen molar-refractivity contribution in [3.8, 4) is 0 Å². The molecular weight excluding hydrogens is 199 g/mol. The second-order valence-electron chi connectivity index (χ2n) is 2.36. The molecule has 0 aliphatic carbocycles. The van der Waals surface area contributed by atoms with Crippen molar-refractivity contribution in [2.75, 3.05) is 20.8 Å². The van der Waals surface area contributed by atoms with Gasteiger partial charge in [0, 0.05) is 20.6 Å². The van der Waals surface area contributed by atoms with Crippen molar-refractivity contribution in [1.82, 2.24) is 0 Å². The van der Waals surface area contributed by atoms with Gasteiger partial charge in [-0.05, 0) is 0 Å². The van der Waals surface area contributed by atoms with Gasteiger partial charge in [0.05, 0.1) is 6.61 Å². The fourth-order valence-corrected chi connectivity index (χ4v) is 2.24. The third kappa shape index (κ3) is 2.21. The Morgan fingerprint density at radius 2 is 2.08 bits per heavy atom.